The Labute approximate surface area is 95.9 Å². The van der Waals surface area contributed by atoms with E-state index in [2.05, 4.69) is 21.2 Å². The van der Waals surface area contributed by atoms with E-state index < -0.39 is 5.54 Å². The molecule has 3 N–H and O–H groups in total. The van der Waals surface area contributed by atoms with E-state index in [9.17, 15) is 0 Å². The van der Waals surface area contributed by atoms with Crippen LogP contribution in [0.4, 0.5) is 0 Å². The highest BCUT2D eigenvalue weighted by Crippen LogP contribution is 2.20. The van der Waals surface area contributed by atoms with Gasteiger partial charge in [-0.2, -0.15) is 0 Å². The fraction of sp³-hybridized carbons (Fsp3) is 0.556. The molecule has 0 fully saturated rings. The molecule has 0 unspecified atom stereocenters. The van der Waals surface area contributed by atoms with Crippen molar-refractivity contribution < 1.29 is 10.2 Å². The Morgan fingerprint density at radius 2 is 2.14 bits per heavy atom. The van der Waals surface area contributed by atoms with E-state index in [0.717, 1.165) is 9.35 Å². The first kappa shape index (κ1) is 12.1. The van der Waals surface area contributed by atoms with Crippen molar-refractivity contribution in [3.8, 4) is 0 Å². The van der Waals surface area contributed by atoms with Crippen LogP contribution in [0.1, 0.15) is 12.5 Å². The minimum absolute atomic E-state index is 0.0746. The Kier molecular flexibility index (Phi) is 4.53. The Hall–Kier alpha value is 0.0600. The second-order valence-corrected chi connectivity index (χ2v) is 5.78. The zero-order valence-corrected chi connectivity index (χ0v) is 10.4. The van der Waals surface area contributed by atoms with Crippen molar-refractivity contribution in [3.63, 3.8) is 0 Å². The smallest absolute Gasteiger partial charge is 0.0701 e. The van der Waals surface area contributed by atoms with Crippen molar-refractivity contribution in [2.75, 3.05) is 13.2 Å². The molecule has 0 aliphatic rings. The molecule has 1 heterocycles. The molecule has 5 heteroatoms. The lowest BCUT2D eigenvalue weighted by Crippen LogP contribution is -2.48. The summed E-state index contributed by atoms with van der Waals surface area (Å²) in [5, 5.41) is 23.2. The zero-order chi connectivity index (χ0) is 10.6. The summed E-state index contributed by atoms with van der Waals surface area (Å²) >= 11 is 5.00. The van der Waals surface area contributed by atoms with E-state index in [1.54, 1.807) is 18.3 Å². The molecule has 80 valence electrons. The molecule has 1 rings (SSSR count). The largest absolute Gasteiger partial charge is 0.394 e. The van der Waals surface area contributed by atoms with Gasteiger partial charge in [0.1, 0.15) is 0 Å². The molecule has 0 aliphatic carbocycles. The van der Waals surface area contributed by atoms with E-state index in [1.165, 1.54) is 0 Å². The van der Waals surface area contributed by atoms with Crippen LogP contribution in [0.25, 0.3) is 0 Å². The fourth-order valence-corrected chi connectivity index (χ4v) is 2.12. The van der Waals surface area contributed by atoms with Crippen LogP contribution in [-0.4, -0.2) is 29.0 Å². The van der Waals surface area contributed by atoms with Gasteiger partial charge >= 0.3 is 0 Å². The average Bonchev–Trinajstić information content (AvgIpc) is 2.61. The Morgan fingerprint density at radius 3 is 2.57 bits per heavy atom. The number of aliphatic hydroxyl groups is 2. The second kappa shape index (κ2) is 5.23. The van der Waals surface area contributed by atoms with Crippen molar-refractivity contribution in [3.05, 3.63) is 20.8 Å². The highest BCUT2D eigenvalue weighted by atomic mass is 79.9. The summed E-state index contributed by atoms with van der Waals surface area (Å²) in [6.45, 7) is 2.29. The predicted octanol–water partition coefficient (Wildman–Crippen LogP) is 1.34. The summed E-state index contributed by atoms with van der Waals surface area (Å²) in [4.78, 5) is 0. The summed E-state index contributed by atoms with van der Waals surface area (Å²) < 4.78 is 1.09. The van der Waals surface area contributed by atoms with Crippen LogP contribution in [0.5, 0.6) is 0 Å². The van der Waals surface area contributed by atoms with Gasteiger partial charge in [-0.3, -0.25) is 0 Å². The lowest BCUT2D eigenvalue weighted by Gasteiger charge is -2.25. The molecule has 0 amide bonds. The molecule has 0 saturated heterocycles. The van der Waals surface area contributed by atoms with Gasteiger partial charge in [0.15, 0.2) is 0 Å². The number of thiophene rings is 1. The van der Waals surface area contributed by atoms with Gasteiger partial charge < -0.3 is 15.5 Å². The van der Waals surface area contributed by atoms with Gasteiger partial charge in [-0.05, 0) is 39.9 Å². The van der Waals surface area contributed by atoms with Crippen molar-refractivity contribution in [2.24, 2.45) is 0 Å². The number of halogens is 1. The van der Waals surface area contributed by atoms with Crippen molar-refractivity contribution in [1.29, 1.82) is 0 Å². The summed E-state index contributed by atoms with van der Waals surface area (Å²) in [6, 6.07) is 2.02. The molecule has 0 bridgehead atoms. The molecular weight excluding hydrogens is 266 g/mol. The Balaban J connectivity index is 2.47. The molecule has 1 aromatic heterocycles. The van der Waals surface area contributed by atoms with Crippen molar-refractivity contribution >= 4 is 27.3 Å². The van der Waals surface area contributed by atoms with Crippen LogP contribution in [0.2, 0.25) is 0 Å². The first-order chi connectivity index (χ1) is 6.59. The van der Waals surface area contributed by atoms with Crippen LogP contribution in [0, 0.1) is 0 Å². The van der Waals surface area contributed by atoms with Gasteiger partial charge in [0.2, 0.25) is 0 Å². The van der Waals surface area contributed by atoms with E-state index in [0.29, 0.717) is 6.54 Å². The number of hydrogen-bond acceptors (Lipinski definition) is 4. The molecule has 0 aliphatic heterocycles. The maximum absolute atomic E-state index is 9.04. The van der Waals surface area contributed by atoms with Crippen LogP contribution in [0.3, 0.4) is 0 Å². The third-order valence-corrected chi connectivity index (χ3v) is 3.59. The number of aliphatic hydroxyl groups excluding tert-OH is 2. The fourth-order valence-electron chi connectivity index (χ4n) is 0.916. The standard InChI is InChI=1S/C9H14BrNO2S/c1-9(5-12,6-13)11-3-7-2-8(10)14-4-7/h2,4,11-13H,3,5-6H2,1H3. The summed E-state index contributed by atoms with van der Waals surface area (Å²) in [5.74, 6) is 0. The first-order valence-corrected chi connectivity index (χ1v) is 5.96. The van der Waals surface area contributed by atoms with Crippen LogP contribution >= 0.6 is 27.3 Å². The number of nitrogens with one attached hydrogen (secondary N) is 1. The molecule has 0 atom stereocenters. The third kappa shape index (κ3) is 3.33. The Bertz CT molecular complexity index is 286. The van der Waals surface area contributed by atoms with E-state index >= 15 is 0 Å². The predicted molar refractivity (Wildman–Crippen MR) is 61.4 cm³/mol. The van der Waals surface area contributed by atoms with Crippen LogP contribution < -0.4 is 5.32 Å². The highest BCUT2D eigenvalue weighted by molar-refractivity contribution is 9.11. The minimum atomic E-state index is -0.603. The molecule has 0 spiro atoms. The lowest BCUT2D eigenvalue weighted by atomic mass is 10.1. The Morgan fingerprint density at radius 1 is 1.50 bits per heavy atom. The van der Waals surface area contributed by atoms with Gasteiger partial charge in [-0.1, -0.05) is 0 Å². The quantitative estimate of drug-likeness (QED) is 0.763. The third-order valence-electron chi connectivity index (χ3n) is 2.04. The van der Waals surface area contributed by atoms with Gasteiger partial charge in [-0.15, -0.1) is 11.3 Å². The molecule has 1 aromatic rings. The molecule has 0 saturated carbocycles. The van der Waals surface area contributed by atoms with E-state index in [1.807, 2.05) is 11.4 Å². The van der Waals surface area contributed by atoms with Crippen LogP contribution in [-0.2, 0) is 6.54 Å². The monoisotopic (exact) mass is 279 g/mol. The maximum atomic E-state index is 9.04. The maximum Gasteiger partial charge on any atom is 0.0701 e. The topological polar surface area (TPSA) is 52.5 Å². The molecule has 0 radical (unpaired) electrons. The molecule has 3 nitrogen and oxygen atoms in total. The van der Waals surface area contributed by atoms with E-state index in [4.69, 9.17) is 10.2 Å². The van der Waals surface area contributed by atoms with Crippen molar-refractivity contribution in [2.45, 2.75) is 19.0 Å². The summed E-state index contributed by atoms with van der Waals surface area (Å²) in [5.41, 5.74) is 0.545. The van der Waals surface area contributed by atoms with Gasteiger partial charge in [0, 0.05) is 6.54 Å². The first-order valence-electron chi connectivity index (χ1n) is 4.29. The zero-order valence-electron chi connectivity index (χ0n) is 7.96. The normalized spacial score (nSPS) is 12.0. The van der Waals surface area contributed by atoms with Gasteiger partial charge in [0.25, 0.3) is 0 Å². The van der Waals surface area contributed by atoms with Gasteiger partial charge in [-0.25, -0.2) is 0 Å². The van der Waals surface area contributed by atoms with Crippen molar-refractivity contribution in [1.82, 2.24) is 5.32 Å². The summed E-state index contributed by atoms with van der Waals surface area (Å²) in [7, 11) is 0. The van der Waals surface area contributed by atoms with Gasteiger partial charge in [0.05, 0.1) is 22.5 Å². The SMILES string of the molecule is CC(CO)(CO)NCc1csc(Br)c1. The van der Waals surface area contributed by atoms with E-state index in [-0.39, 0.29) is 13.2 Å². The minimum Gasteiger partial charge on any atom is -0.394 e. The summed E-state index contributed by atoms with van der Waals surface area (Å²) in [6.07, 6.45) is 0. The average molecular weight is 280 g/mol. The molecule has 0 aromatic carbocycles. The second-order valence-electron chi connectivity index (χ2n) is 3.49. The lowest BCUT2D eigenvalue weighted by molar-refractivity contribution is 0.103. The number of rotatable bonds is 5. The van der Waals surface area contributed by atoms with Crippen LogP contribution in [0.15, 0.2) is 15.2 Å². The highest BCUT2D eigenvalue weighted by Gasteiger charge is 2.21. The molecular formula is C9H14BrNO2S. The molecule has 14 heavy (non-hydrogen) atoms. The number of hydrogen-bond donors (Lipinski definition) is 3.